The molecule has 0 bridgehead atoms. The Labute approximate surface area is 149 Å². The molecule has 0 aliphatic carbocycles. The predicted octanol–water partition coefficient (Wildman–Crippen LogP) is 0.453. The highest BCUT2D eigenvalue weighted by atomic mass is 32.2. The van der Waals surface area contributed by atoms with Gasteiger partial charge in [-0.2, -0.15) is 0 Å². The first-order valence-electron chi connectivity index (χ1n) is 8.99. The van der Waals surface area contributed by atoms with Gasteiger partial charge in [-0.05, 0) is 12.3 Å². The van der Waals surface area contributed by atoms with Gasteiger partial charge in [0.1, 0.15) is 5.82 Å². The van der Waals surface area contributed by atoms with Crippen molar-refractivity contribution in [3.8, 4) is 0 Å². The largest absolute Gasteiger partial charge is 0.355 e. The average Bonchev–Trinajstić information content (AvgIpc) is 3.05. The van der Waals surface area contributed by atoms with Crippen molar-refractivity contribution in [2.24, 2.45) is 13.0 Å². The summed E-state index contributed by atoms with van der Waals surface area (Å²) in [5.41, 5.74) is 2.35. The van der Waals surface area contributed by atoms with Gasteiger partial charge < -0.3 is 9.88 Å². The molecule has 2 aliphatic rings. The first-order valence-corrected chi connectivity index (χ1v) is 10.8. The molecule has 1 saturated heterocycles. The van der Waals surface area contributed by atoms with E-state index in [9.17, 15) is 13.2 Å². The van der Waals surface area contributed by atoms with Crippen molar-refractivity contribution >= 4 is 15.7 Å². The Morgan fingerprint density at radius 1 is 1.40 bits per heavy atom. The number of fused-ring (bicyclic) bond motifs is 1. The van der Waals surface area contributed by atoms with Crippen LogP contribution in [0.3, 0.4) is 0 Å². The highest BCUT2D eigenvalue weighted by molar-refractivity contribution is 7.91. The molecule has 7 nitrogen and oxygen atoms in total. The normalized spacial score (nSPS) is 23.0. The number of carbonyl (C=O) groups excluding carboxylic acids is 1. The van der Waals surface area contributed by atoms with Gasteiger partial charge in [-0.25, -0.2) is 13.4 Å². The fourth-order valence-corrected chi connectivity index (χ4v) is 5.67. The lowest BCUT2D eigenvalue weighted by Crippen LogP contribution is -2.41. The molecule has 25 heavy (non-hydrogen) atoms. The number of carbonyl (C=O) groups is 1. The van der Waals surface area contributed by atoms with Crippen molar-refractivity contribution in [3.05, 3.63) is 17.2 Å². The third-order valence-corrected chi connectivity index (χ3v) is 7.00. The fourth-order valence-electron chi connectivity index (χ4n) is 3.80. The molecule has 0 spiro atoms. The van der Waals surface area contributed by atoms with Gasteiger partial charge in [0.25, 0.3) is 0 Å². The number of rotatable bonds is 5. The SMILES string of the molecule is CC(C)c1nc2c(n1C)CCN(CC(=O)NCC1CCS(=O)(=O)C1)C2. The van der Waals surface area contributed by atoms with Crippen LogP contribution >= 0.6 is 0 Å². The number of nitrogens with one attached hydrogen (secondary N) is 1. The Hall–Kier alpha value is -1.41. The molecule has 1 aromatic heterocycles. The molecule has 3 rings (SSSR count). The first-order chi connectivity index (χ1) is 11.7. The van der Waals surface area contributed by atoms with Crippen LogP contribution in [0.5, 0.6) is 0 Å². The second kappa shape index (κ2) is 7.07. The van der Waals surface area contributed by atoms with E-state index in [0.29, 0.717) is 32.0 Å². The van der Waals surface area contributed by atoms with E-state index in [0.717, 1.165) is 24.5 Å². The minimum absolute atomic E-state index is 0.0345. The number of nitrogens with zero attached hydrogens (tertiary/aromatic N) is 3. The standard InChI is InChI=1S/C17H28N4O3S/c1-12(2)17-19-14-9-21(6-4-15(14)20(17)3)10-16(22)18-8-13-5-7-25(23,24)11-13/h12-13H,4-11H2,1-3H3,(H,18,22). The van der Waals surface area contributed by atoms with Gasteiger partial charge in [0.2, 0.25) is 5.91 Å². The molecule has 1 atom stereocenters. The first kappa shape index (κ1) is 18.4. The van der Waals surface area contributed by atoms with Crippen LogP contribution in [-0.4, -0.2) is 59.9 Å². The summed E-state index contributed by atoms with van der Waals surface area (Å²) in [7, 11) is -0.817. The Bertz CT molecular complexity index is 754. The Morgan fingerprint density at radius 3 is 2.80 bits per heavy atom. The van der Waals surface area contributed by atoms with Crippen molar-refractivity contribution in [1.82, 2.24) is 19.8 Å². The summed E-state index contributed by atoms with van der Waals surface area (Å²) in [4.78, 5) is 19.1. The summed E-state index contributed by atoms with van der Waals surface area (Å²) in [6.45, 7) is 6.62. The van der Waals surface area contributed by atoms with Crippen LogP contribution in [0.1, 0.15) is 43.4 Å². The maximum Gasteiger partial charge on any atom is 0.234 e. The van der Waals surface area contributed by atoms with Crippen LogP contribution < -0.4 is 5.32 Å². The number of imidazole rings is 1. The van der Waals surface area contributed by atoms with Crippen molar-refractivity contribution in [3.63, 3.8) is 0 Å². The van der Waals surface area contributed by atoms with Crippen LogP contribution in [-0.2, 0) is 34.6 Å². The molecule has 1 unspecified atom stereocenters. The van der Waals surface area contributed by atoms with Gasteiger partial charge in [-0.1, -0.05) is 13.8 Å². The minimum Gasteiger partial charge on any atom is -0.355 e. The van der Waals surface area contributed by atoms with E-state index in [4.69, 9.17) is 4.98 Å². The van der Waals surface area contributed by atoms with E-state index >= 15 is 0 Å². The number of hydrogen-bond acceptors (Lipinski definition) is 5. The molecular weight excluding hydrogens is 340 g/mol. The molecule has 1 aromatic rings. The van der Waals surface area contributed by atoms with Crippen LogP contribution in [0, 0.1) is 5.92 Å². The van der Waals surface area contributed by atoms with Gasteiger partial charge in [0, 0.05) is 44.7 Å². The monoisotopic (exact) mass is 368 g/mol. The molecule has 2 aliphatic heterocycles. The number of aromatic nitrogens is 2. The highest BCUT2D eigenvalue weighted by Crippen LogP contribution is 2.23. The summed E-state index contributed by atoms with van der Waals surface area (Å²) in [6, 6.07) is 0. The minimum atomic E-state index is -2.89. The van der Waals surface area contributed by atoms with Crippen LogP contribution in [0.2, 0.25) is 0 Å². The summed E-state index contributed by atoms with van der Waals surface area (Å²) in [6.07, 6.45) is 1.56. The summed E-state index contributed by atoms with van der Waals surface area (Å²) < 4.78 is 25.1. The van der Waals surface area contributed by atoms with Crippen LogP contribution in [0.4, 0.5) is 0 Å². The van der Waals surface area contributed by atoms with Gasteiger partial charge >= 0.3 is 0 Å². The second-order valence-corrected chi connectivity index (χ2v) is 9.84. The summed E-state index contributed by atoms with van der Waals surface area (Å²) >= 11 is 0. The van der Waals surface area contributed by atoms with Crippen molar-refractivity contribution in [2.75, 3.05) is 31.1 Å². The van der Waals surface area contributed by atoms with Gasteiger partial charge in [-0.3, -0.25) is 9.69 Å². The van der Waals surface area contributed by atoms with E-state index in [1.807, 2.05) is 0 Å². The number of amides is 1. The molecule has 0 aromatic carbocycles. The molecule has 3 heterocycles. The van der Waals surface area contributed by atoms with Crippen molar-refractivity contribution in [2.45, 2.75) is 39.2 Å². The third kappa shape index (κ3) is 4.23. The molecule has 1 fully saturated rings. The molecule has 8 heteroatoms. The zero-order valence-corrected chi connectivity index (χ0v) is 16.1. The molecule has 1 N–H and O–H groups in total. The van der Waals surface area contributed by atoms with Gasteiger partial charge in [0.15, 0.2) is 9.84 Å². The lowest BCUT2D eigenvalue weighted by atomic mass is 10.1. The molecular formula is C17H28N4O3S. The lowest BCUT2D eigenvalue weighted by Gasteiger charge is -2.26. The quantitative estimate of drug-likeness (QED) is 0.816. The highest BCUT2D eigenvalue weighted by Gasteiger charge is 2.28. The van der Waals surface area contributed by atoms with E-state index in [-0.39, 0.29) is 23.3 Å². The van der Waals surface area contributed by atoms with Gasteiger partial charge in [0.05, 0.1) is 23.7 Å². The average molecular weight is 369 g/mol. The second-order valence-electron chi connectivity index (χ2n) is 7.61. The van der Waals surface area contributed by atoms with Crippen LogP contribution in [0.25, 0.3) is 0 Å². The molecule has 140 valence electrons. The van der Waals surface area contributed by atoms with Crippen molar-refractivity contribution in [1.29, 1.82) is 0 Å². The maximum atomic E-state index is 12.2. The van der Waals surface area contributed by atoms with Crippen LogP contribution in [0.15, 0.2) is 0 Å². The third-order valence-electron chi connectivity index (χ3n) is 5.17. The number of sulfone groups is 1. The summed E-state index contributed by atoms with van der Waals surface area (Å²) in [5, 5.41) is 2.90. The topological polar surface area (TPSA) is 84.3 Å². The Morgan fingerprint density at radius 2 is 2.16 bits per heavy atom. The molecule has 0 radical (unpaired) electrons. The summed E-state index contributed by atoms with van der Waals surface area (Å²) in [5.74, 6) is 1.96. The van der Waals surface area contributed by atoms with E-state index < -0.39 is 9.84 Å². The van der Waals surface area contributed by atoms with E-state index in [1.165, 1.54) is 5.69 Å². The van der Waals surface area contributed by atoms with Gasteiger partial charge in [-0.15, -0.1) is 0 Å². The molecule has 1 amide bonds. The number of hydrogen-bond donors (Lipinski definition) is 1. The van der Waals surface area contributed by atoms with Crippen molar-refractivity contribution < 1.29 is 13.2 Å². The zero-order chi connectivity index (χ0) is 18.2. The molecule has 0 saturated carbocycles. The fraction of sp³-hybridized carbons (Fsp3) is 0.765. The van der Waals surface area contributed by atoms with E-state index in [1.54, 1.807) is 0 Å². The van der Waals surface area contributed by atoms with E-state index in [2.05, 4.69) is 35.7 Å². The maximum absolute atomic E-state index is 12.2. The predicted molar refractivity (Wildman–Crippen MR) is 96.0 cm³/mol. The zero-order valence-electron chi connectivity index (χ0n) is 15.3. The smallest absolute Gasteiger partial charge is 0.234 e. The lowest BCUT2D eigenvalue weighted by molar-refractivity contribution is -0.122. The Balaban J connectivity index is 1.51. The Kier molecular flexibility index (Phi) is 5.20.